The monoisotopic (exact) mass is 216 g/mol. The highest BCUT2D eigenvalue weighted by atomic mass is 35.5. The molecule has 0 aliphatic carbocycles. The predicted octanol–water partition coefficient (Wildman–Crippen LogP) is 3.33. The average molecular weight is 217 g/mol. The van der Waals surface area contributed by atoms with Crippen LogP contribution in [-0.4, -0.2) is 10.4 Å². The Labute approximate surface area is 88.1 Å². The molecular weight excluding hydrogens is 204 g/mol. The van der Waals surface area contributed by atoms with E-state index in [1.54, 1.807) is 11.8 Å². The molecule has 0 spiro atoms. The van der Waals surface area contributed by atoms with Gasteiger partial charge in [0, 0.05) is 10.1 Å². The first kappa shape index (κ1) is 10.9. The van der Waals surface area contributed by atoms with Crippen LogP contribution in [0, 0.1) is 0 Å². The molecule has 0 aromatic heterocycles. The van der Waals surface area contributed by atoms with Crippen molar-refractivity contribution >= 4 is 23.4 Å². The highest BCUT2D eigenvalue weighted by Gasteiger charge is 2.08. The van der Waals surface area contributed by atoms with Gasteiger partial charge in [0.2, 0.25) is 0 Å². The molecule has 1 aromatic carbocycles. The van der Waals surface area contributed by atoms with E-state index >= 15 is 0 Å². The van der Waals surface area contributed by atoms with Crippen LogP contribution in [0.1, 0.15) is 19.4 Å². The van der Waals surface area contributed by atoms with Gasteiger partial charge in [0.15, 0.2) is 0 Å². The van der Waals surface area contributed by atoms with Crippen molar-refractivity contribution in [3.8, 4) is 0 Å². The molecule has 1 nitrogen and oxygen atoms in total. The van der Waals surface area contributed by atoms with Gasteiger partial charge in [0.25, 0.3) is 0 Å². The van der Waals surface area contributed by atoms with Gasteiger partial charge in [-0.25, -0.2) is 0 Å². The highest BCUT2D eigenvalue weighted by molar-refractivity contribution is 8.00. The lowest BCUT2D eigenvalue weighted by molar-refractivity contribution is 0.279. The summed E-state index contributed by atoms with van der Waals surface area (Å²) in [7, 11) is 0. The SMILES string of the molecule is CC(C)Sc1c(Cl)cccc1CO. The number of aliphatic hydroxyl groups is 1. The Kier molecular flexibility index (Phi) is 4.10. The van der Waals surface area contributed by atoms with Crippen LogP contribution in [0.5, 0.6) is 0 Å². The fourth-order valence-corrected chi connectivity index (χ4v) is 2.31. The molecule has 72 valence electrons. The van der Waals surface area contributed by atoms with Crippen molar-refractivity contribution in [3.05, 3.63) is 28.8 Å². The summed E-state index contributed by atoms with van der Waals surface area (Å²) in [6.07, 6.45) is 0. The van der Waals surface area contributed by atoms with Gasteiger partial charge in [-0.1, -0.05) is 37.6 Å². The van der Waals surface area contributed by atoms with E-state index in [1.165, 1.54) is 0 Å². The summed E-state index contributed by atoms with van der Waals surface area (Å²) in [6.45, 7) is 4.26. The summed E-state index contributed by atoms with van der Waals surface area (Å²) in [5.41, 5.74) is 0.909. The van der Waals surface area contributed by atoms with Crippen molar-refractivity contribution in [3.63, 3.8) is 0 Å². The standard InChI is InChI=1S/C10H13ClOS/c1-7(2)13-10-8(6-12)4-3-5-9(10)11/h3-5,7,12H,6H2,1-2H3. The fourth-order valence-electron chi connectivity index (χ4n) is 1.05. The summed E-state index contributed by atoms with van der Waals surface area (Å²) in [5.74, 6) is 0. The van der Waals surface area contributed by atoms with E-state index in [9.17, 15) is 0 Å². The van der Waals surface area contributed by atoms with Crippen molar-refractivity contribution < 1.29 is 5.11 Å². The Balaban J connectivity index is 3.00. The van der Waals surface area contributed by atoms with Crippen LogP contribution in [0.25, 0.3) is 0 Å². The number of hydrogen-bond acceptors (Lipinski definition) is 2. The van der Waals surface area contributed by atoms with Crippen molar-refractivity contribution in [1.29, 1.82) is 0 Å². The molecule has 0 saturated carbocycles. The van der Waals surface area contributed by atoms with Gasteiger partial charge < -0.3 is 5.11 Å². The molecule has 0 aliphatic rings. The molecule has 0 fully saturated rings. The molecule has 13 heavy (non-hydrogen) atoms. The first-order valence-corrected chi connectivity index (χ1v) is 5.45. The lowest BCUT2D eigenvalue weighted by atomic mass is 10.2. The molecule has 0 radical (unpaired) electrons. The van der Waals surface area contributed by atoms with Gasteiger partial charge in [0.1, 0.15) is 0 Å². The maximum Gasteiger partial charge on any atom is 0.0693 e. The quantitative estimate of drug-likeness (QED) is 0.783. The van der Waals surface area contributed by atoms with Gasteiger partial charge in [-0.15, -0.1) is 11.8 Å². The third kappa shape index (κ3) is 2.90. The summed E-state index contributed by atoms with van der Waals surface area (Å²) in [5, 5.41) is 10.3. The van der Waals surface area contributed by atoms with Crippen molar-refractivity contribution in [2.45, 2.75) is 30.6 Å². The Morgan fingerprint density at radius 2 is 2.15 bits per heavy atom. The van der Waals surface area contributed by atoms with E-state index in [-0.39, 0.29) is 6.61 Å². The van der Waals surface area contributed by atoms with Crippen LogP contribution in [0.2, 0.25) is 5.02 Å². The maximum atomic E-state index is 9.08. The van der Waals surface area contributed by atoms with Crippen LogP contribution in [0.4, 0.5) is 0 Å². The second-order valence-corrected chi connectivity index (χ2v) is 5.05. The van der Waals surface area contributed by atoms with Crippen LogP contribution in [0.15, 0.2) is 23.1 Å². The van der Waals surface area contributed by atoms with Crippen LogP contribution in [-0.2, 0) is 6.61 Å². The minimum atomic E-state index is 0.0512. The predicted molar refractivity (Wildman–Crippen MR) is 58.4 cm³/mol. The largest absolute Gasteiger partial charge is 0.392 e. The van der Waals surface area contributed by atoms with Gasteiger partial charge in [-0.3, -0.25) is 0 Å². The number of rotatable bonds is 3. The van der Waals surface area contributed by atoms with E-state index in [0.717, 1.165) is 15.5 Å². The Morgan fingerprint density at radius 3 is 2.69 bits per heavy atom. The lowest BCUT2D eigenvalue weighted by Gasteiger charge is -2.10. The molecule has 0 bridgehead atoms. The number of benzene rings is 1. The first-order valence-electron chi connectivity index (χ1n) is 4.20. The summed E-state index contributed by atoms with van der Waals surface area (Å²) >= 11 is 7.70. The maximum absolute atomic E-state index is 9.08. The molecular formula is C10H13ClOS. The van der Waals surface area contributed by atoms with Gasteiger partial charge in [0.05, 0.1) is 11.6 Å². The summed E-state index contributed by atoms with van der Waals surface area (Å²) in [4.78, 5) is 1.00. The van der Waals surface area contributed by atoms with Gasteiger partial charge >= 0.3 is 0 Å². The van der Waals surface area contributed by atoms with E-state index < -0.39 is 0 Å². The zero-order valence-electron chi connectivity index (χ0n) is 7.75. The number of thioether (sulfide) groups is 1. The van der Waals surface area contributed by atoms with Crippen molar-refractivity contribution in [2.24, 2.45) is 0 Å². The number of halogens is 1. The number of aliphatic hydroxyl groups excluding tert-OH is 1. The molecule has 0 atom stereocenters. The van der Waals surface area contributed by atoms with E-state index in [2.05, 4.69) is 13.8 Å². The Bertz CT molecular complexity index is 286. The third-order valence-electron chi connectivity index (χ3n) is 1.57. The topological polar surface area (TPSA) is 20.2 Å². The van der Waals surface area contributed by atoms with Gasteiger partial charge in [-0.2, -0.15) is 0 Å². The third-order valence-corrected chi connectivity index (χ3v) is 3.19. The minimum Gasteiger partial charge on any atom is -0.392 e. The second-order valence-electron chi connectivity index (χ2n) is 3.05. The summed E-state index contributed by atoms with van der Waals surface area (Å²) in [6, 6.07) is 5.61. The highest BCUT2D eigenvalue weighted by Crippen LogP contribution is 2.33. The molecule has 1 rings (SSSR count). The minimum absolute atomic E-state index is 0.0512. The average Bonchev–Trinajstić information content (AvgIpc) is 2.08. The Hall–Kier alpha value is -0.180. The van der Waals surface area contributed by atoms with Crippen LogP contribution < -0.4 is 0 Å². The lowest BCUT2D eigenvalue weighted by Crippen LogP contribution is -1.93. The van der Waals surface area contributed by atoms with Crippen molar-refractivity contribution in [1.82, 2.24) is 0 Å². The Morgan fingerprint density at radius 1 is 1.46 bits per heavy atom. The smallest absolute Gasteiger partial charge is 0.0693 e. The molecule has 0 unspecified atom stereocenters. The second kappa shape index (κ2) is 4.89. The van der Waals surface area contributed by atoms with E-state index in [0.29, 0.717) is 5.25 Å². The summed E-state index contributed by atoms with van der Waals surface area (Å²) < 4.78 is 0. The first-order chi connectivity index (χ1) is 6.15. The zero-order chi connectivity index (χ0) is 9.84. The fraction of sp³-hybridized carbons (Fsp3) is 0.400. The molecule has 0 amide bonds. The molecule has 1 N–H and O–H groups in total. The van der Waals surface area contributed by atoms with E-state index in [1.807, 2.05) is 18.2 Å². The van der Waals surface area contributed by atoms with Crippen LogP contribution >= 0.6 is 23.4 Å². The van der Waals surface area contributed by atoms with Crippen LogP contribution in [0.3, 0.4) is 0 Å². The molecule has 0 saturated heterocycles. The zero-order valence-corrected chi connectivity index (χ0v) is 9.32. The van der Waals surface area contributed by atoms with Crippen molar-refractivity contribution in [2.75, 3.05) is 0 Å². The normalized spacial score (nSPS) is 10.8. The molecule has 0 heterocycles. The number of hydrogen-bond donors (Lipinski definition) is 1. The molecule has 3 heteroatoms. The molecule has 1 aromatic rings. The molecule has 0 aliphatic heterocycles. The van der Waals surface area contributed by atoms with Gasteiger partial charge in [-0.05, 0) is 11.6 Å². The van der Waals surface area contributed by atoms with E-state index in [4.69, 9.17) is 16.7 Å².